The van der Waals surface area contributed by atoms with Gasteiger partial charge in [0, 0.05) is 34.9 Å². The second-order valence-corrected chi connectivity index (χ2v) is 16.1. The van der Waals surface area contributed by atoms with Crippen molar-refractivity contribution in [2.24, 2.45) is 10.7 Å². The summed E-state index contributed by atoms with van der Waals surface area (Å²) < 4.78 is 0. The molecule has 0 aromatic heterocycles. The van der Waals surface area contributed by atoms with Gasteiger partial charge in [0.2, 0.25) is 0 Å². The summed E-state index contributed by atoms with van der Waals surface area (Å²) in [6.07, 6.45) is 25.1. The molecule has 0 heterocycles. The number of fused-ring (bicyclic) bond motifs is 4. The van der Waals surface area contributed by atoms with Crippen molar-refractivity contribution in [2.75, 3.05) is 0 Å². The Morgan fingerprint density at radius 3 is 2.15 bits per heavy atom. The van der Waals surface area contributed by atoms with Gasteiger partial charge in [-0.1, -0.05) is 180 Å². The Bertz CT molecular complexity index is 2160. The lowest BCUT2D eigenvalue weighted by molar-refractivity contribution is 0.635. The molecular weight excluding hydrogens is 641 g/mol. The molecule has 3 aromatic rings. The van der Waals surface area contributed by atoms with Crippen molar-refractivity contribution in [1.29, 1.82) is 0 Å². The summed E-state index contributed by atoms with van der Waals surface area (Å²) in [4.78, 5) is 4.88. The normalized spacial score (nSPS) is 23.8. The van der Waals surface area contributed by atoms with Gasteiger partial charge < -0.3 is 5.73 Å². The van der Waals surface area contributed by atoms with E-state index in [1.165, 1.54) is 61.4 Å². The van der Waals surface area contributed by atoms with E-state index >= 15 is 0 Å². The summed E-state index contributed by atoms with van der Waals surface area (Å²) in [7, 11) is 0. The first-order valence-electron chi connectivity index (χ1n) is 18.9. The van der Waals surface area contributed by atoms with E-state index in [2.05, 4.69) is 179 Å². The van der Waals surface area contributed by atoms with Crippen molar-refractivity contribution in [1.82, 2.24) is 0 Å². The number of nitrogens with two attached hydrogens (primary N) is 1. The molecule has 0 spiro atoms. The van der Waals surface area contributed by atoms with Crippen molar-refractivity contribution >= 4 is 23.1 Å². The number of aryl methyl sites for hydroxylation is 2. The second kappa shape index (κ2) is 16.2. The highest BCUT2D eigenvalue weighted by Crippen LogP contribution is 2.40. The zero-order chi connectivity index (χ0) is 38.5. The molecule has 2 nitrogen and oxygen atoms in total. The molecule has 0 aliphatic heterocycles. The first-order valence-corrected chi connectivity index (χ1v) is 18.9. The molecule has 4 aliphatic rings. The SMILES string of the molecule is C=C1/C=C\C=C/C(C)(C)c2cc(C)ccc21.C=C1C=CC(C)c2ccc(C)cc2C1(C)C.CC1=CCC(=N/C2=C(N)/C=C/C=C\c3cccc2c3C)C1. The van der Waals surface area contributed by atoms with Crippen molar-refractivity contribution in [3.63, 3.8) is 0 Å². The summed E-state index contributed by atoms with van der Waals surface area (Å²) in [5, 5.41) is 0. The first kappa shape index (κ1) is 39.0. The molecule has 0 saturated carbocycles. The fourth-order valence-electron chi connectivity index (χ4n) is 7.24. The smallest absolute Gasteiger partial charge is 0.0933 e. The third-order valence-electron chi connectivity index (χ3n) is 10.9. The minimum Gasteiger partial charge on any atom is -0.397 e. The highest BCUT2D eigenvalue weighted by Gasteiger charge is 2.29. The maximum Gasteiger partial charge on any atom is 0.0933 e. The number of benzene rings is 3. The van der Waals surface area contributed by atoms with Gasteiger partial charge in [0.05, 0.1) is 11.4 Å². The molecule has 2 N–H and O–H groups in total. The fraction of sp³-hybridized carbons (Fsp3) is 0.275. The van der Waals surface area contributed by atoms with Crippen LogP contribution in [0.1, 0.15) is 110 Å². The predicted octanol–water partition coefficient (Wildman–Crippen LogP) is 13.3. The quantitative estimate of drug-likeness (QED) is 0.252. The molecule has 0 saturated heterocycles. The number of hydrogen-bond acceptors (Lipinski definition) is 2. The fourth-order valence-corrected chi connectivity index (χ4v) is 7.24. The van der Waals surface area contributed by atoms with E-state index < -0.39 is 0 Å². The lowest BCUT2D eigenvalue weighted by Gasteiger charge is -2.28. The van der Waals surface area contributed by atoms with E-state index in [-0.39, 0.29) is 10.8 Å². The molecule has 0 fully saturated rings. The zero-order valence-corrected chi connectivity index (χ0v) is 33.5. The van der Waals surface area contributed by atoms with Gasteiger partial charge >= 0.3 is 0 Å². The Balaban J connectivity index is 0.000000156. The van der Waals surface area contributed by atoms with E-state index in [4.69, 9.17) is 10.7 Å². The minimum atomic E-state index is 0.0443. The van der Waals surface area contributed by atoms with Crippen molar-refractivity contribution in [3.8, 4) is 0 Å². The van der Waals surface area contributed by atoms with Gasteiger partial charge in [-0.15, -0.1) is 0 Å². The molecule has 1 unspecified atom stereocenters. The molecule has 53 heavy (non-hydrogen) atoms. The van der Waals surface area contributed by atoms with E-state index in [1.807, 2.05) is 18.2 Å². The zero-order valence-electron chi connectivity index (χ0n) is 33.5. The number of rotatable bonds is 1. The Hall–Kier alpha value is -5.21. The Morgan fingerprint density at radius 1 is 0.755 bits per heavy atom. The molecule has 2 bridgehead atoms. The molecule has 0 amide bonds. The van der Waals surface area contributed by atoms with E-state index in [0.717, 1.165) is 35.4 Å². The Morgan fingerprint density at radius 2 is 1.43 bits per heavy atom. The molecule has 272 valence electrons. The number of allylic oxidation sites excluding steroid dienone is 13. The maximum absolute atomic E-state index is 6.28. The summed E-state index contributed by atoms with van der Waals surface area (Å²) in [6.45, 7) is 28.2. The summed E-state index contributed by atoms with van der Waals surface area (Å²) in [5.74, 6) is 0.481. The second-order valence-electron chi connectivity index (χ2n) is 16.1. The number of aliphatic imine (C=N–C) groups is 1. The van der Waals surface area contributed by atoms with Gasteiger partial charge in [-0.25, -0.2) is 0 Å². The van der Waals surface area contributed by atoms with Crippen LogP contribution in [-0.2, 0) is 10.8 Å². The van der Waals surface area contributed by atoms with Crippen LogP contribution in [0.2, 0.25) is 0 Å². The Labute approximate surface area is 320 Å². The van der Waals surface area contributed by atoms with Crippen LogP contribution in [0.25, 0.3) is 17.3 Å². The monoisotopic (exact) mass is 698 g/mol. The lowest BCUT2D eigenvalue weighted by Crippen LogP contribution is -2.20. The van der Waals surface area contributed by atoms with Crippen LogP contribution in [0.15, 0.2) is 150 Å². The van der Waals surface area contributed by atoms with Crippen LogP contribution in [0, 0.1) is 20.8 Å². The highest BCUT2D eigenvalue weighted by atomic mass is 14.8. The van der Waals surface area contributed by atoms with Gasteiger partial charge in [0.1, 0.15) is 0 Å². The Kier molecular flexibility index (Phi) is 11.9. The van der Waals surface area contributed by atoms with Crippen molar-refractivity contribution in [3.05, 3.63) is 195 Å². The number of nitrogens with zero attached hydrogens (tertiary/aromatic N) is 1. The standard InChI is InChI=1S/C19H20N2.C16H20.C16H18/c1-13-10-11-16(12-13)21-19-17-8-5-7-15(14(17)2)6-3-4-9-18(19)20;1-11-6-9-14-12(2)7-8-13(3)16(4,5)15(14)10-11;1-12-8-9-14-13(2)7-5-6-10-16(3,4)15(14)11-12/h3-10H,11-12,20H2,1-2H3;6-10,12H,3H2,1-2,4-5H3;5-11H,2H2,1,3-4H3/b6-3-,9-4+,19-18-,21-16?;;7-5-,10-6-. The van der Waals surface area contributed by atoms with Crippen LogP contribution < -0.4 is 5.73 Å². The van der Waals surface area contributed by atoms with E-state index in [9.17, 15) is 0 Å². The summed E-state index contributed by atoms with van der Waals surface area (Å²) in [6, 6.07) is 19.7. The lowest BCUT2D eigenvalue weighted by atomic mass is 9.76. The van der Waals surface area contributed by atoms with Crippen molar-refractivity contribution in [2.45, 2.75) is 91.9 Å². The molecule has 3 aromatic carbocycles. The van der Waals surface area contributed by atoms with Crippen LogP contribution in [0.3, 0.4) is 0 Å². The minimum absolute atomic E-state index is 0.0443. The van der Waals surface area contributed by atoms with Gasteiger partial charge in [-0.2, -0.15) is 0 Å². The summed E-state index contributed by atoms with van der Waals surface area (Å²) >= 11 is 0. The third-order valence-corrected chi connectivity index (χ3v) is 10.9. The highest BCUT2D eigenvalue weighted by molar-refractivity contribution is 5.95. The van der Waals surface area contributed by atoms with Crippen LogP contribution in [-0.4, -0.2) is 5.71 Å². The molecular formula is C51H58N2. The van der Waals surface area contributed by atoms with Gasteiger partial charge in [0.15, 0.2) is 0 Å². The van der Waals surface area contributed by atoms with Crippen molar-refractivity contribution < 1.29 is 0 Å². The molecule has 4 aliphatic carbocycles. The predicted molar refractivity (Wildman–Crippen MR) is 233 cm³/mol. The van der Waals surface area contributed by atoms with E-state index in [1.54, 1.807) is 0 Å². The topological polar surface area (TPSA) is 38.4 Å². The van der Waals surface area contributed by atoms with Crippen LogP contribution in [0.4, 0.5) is 0 Å². The summed E-state index contributed by atoms with van der Waals surface area (Å²) in [5.41, 5.74) is 24.5. The average molecular weight is 699 g/mol. The molecule has 2 heteroatoms. The van der Waals surface area contributed by atoms with Crippen LogP contribution in [0.5, 0.6) is 0 Å². The molecule has 0 radical (unpaired) electrons. The van der Waals surface area contributed by atoms with Gasteiger partial charge in [0.25, 0.3) is 0 Å². The average Bonchev–Trinajstić information content (AvgIpc) is 3.51. The van der Waals surface area contributed by atoms with Gasteiger partial charge in [-0.05, 0) is 84.2 Å². The first-order chi connectivity index (χ1) is 25.1. The third kappa shape index (κ3) is 9.06. The van der Waals surface area contributed by atoms with E-state index in [0.29, 0.717) is 5.92 Å². The largest absolute Gasteiger partial charge is 0.397 e. The van der Waals surface area contributed by atoms with Gasteiger partial charge in [-0.3, -0.25) is 4.99 Å². The maximum atomic E-state index is 6.28. The van der Waals surface area contributed by atoms with Crippen LogP contribution >= 0.6 is 0 Å². The number of hydrogen-bond donors (Lipinski definition) is 1. The molecule has 7 rings (SSSR count). The molecule has 1 atom stereocenters.